The first-order chi connectivity index (χ1) is 19.9. The molecule has 1 saturated heterocycles. The van der Waals surface area contributed by atoms with E-state index in [-0.39, 0.29) is 58.8 Å². The molecule has 1 aromatic carbocycles. The number of methoxy groups -OCH3 is 1. The average molecular weight is 586 g/mol. The van der Waals surface area contributed by atoms with Gasteiger partial charge in [0.2, 0.25) is 27.6 Å². The minimum Gasteiger partial charge on any atom is -0.494 e. The number of hydrogen-bond acceptors (Lipinski definition) is 11. The quantitative estimate of drug-likeness (QED) is 0.280. The van der Waals surface area contributed by atoms with E-state index in [4.69, 9.17) is 32.8 Å². The number of para-hydroxylation sites is 1. The number of aromatic nitrogens is 4. The Morgan fingerprint density at radius 1 is 1.17 bits per heavy atom. The van der Waals surface area contributed by atoms with Crippen LogP contribution in [0.15, 0.2) is 28.8 Å². The summed E-state index contributed by atoms with van der Waals surface area (Å²) in [6.07, 6.45) is 2.93. The number of ether oxygens (including phenoxy) is 1. The van der Waals surface area contributed by atoms with Crippen molar-refractivity contribution in [1.29, 1.82) is 0 Å². The van der Waals surface area contributed by atoms with Crippen LogP contribution in [0.2, 0.25) is 0 Å². The molecule has 42 heavy (non-hydrogen) atoms. The van der Waals surface area contributed by atoms with E-state index < -0.39 is 21.2 Å². The van der Waals surface area contributed by atoms with E-state index in [0.29, 0.717) is 24.2 Å². The number of carbonyl (C=O) groups excluding carboxylic acids is 2. The highest BCUT2D eigenvalue weighted by Gasteiger charge is 2.31. The number of nitrogens with one attached hydrogen (secondary N) is 3. The van der Waals surface area contributed by atoms with Gasteiger partial charge in [-0.3, -0.25) is 9.59 Å². The van der Waals surface area contributed by atoms with Crippen LogP contribution in [0, 0.1) is 5.92 Å². The highest BCUT2D eigenvalue weighted by Crippen LogP contribution is 2.38. The van der Waals surface area contributed by atoms with Gasteiger partial charge in [-0.15, -0.1) is 10.2 Å². The van der Waals surface area contributed by atoms with Crippen LogP contribution < -0.4 is 20.7 Å². The van der Waals surface area contributed by atoms with Gasteiger partial charge in [-0.25, -0.2) is 8.42 Å². The lowest BCUT2D eigenvalue weighted by molar-refractivity contribution is -0.117. The minimum atomic E-state index is -3.39. The Balaban J connectivity index is 1.45. The van der Waals surface area contributed by atoms with Gasteiger partial charge in [0.05, 0.1) is 59.9 Å². The number of rotatable bonds is 10. The zero-order chi connectivity index (χ0) is 30.1. The van der Waals surface area contributed by atoms with Crippen molar-refractivity contribution in [1.82, 2.24) is 30.0 Å². The van der Waals surface area contributed by atoms with E-state index >= 15 is 0 Å². The number of nitrogens with zero attached hydrogens (tertiary/aromatic N) is 5. The molecule has 1 saturated carbocycles. The molecule has 1 aliphatic heterocycles. The molecule has 18 heteroatoms. The highest BCUT2D eigenvalue weighted by atomic mass is 32.2. The molecule has 0 bridgehead atoms. The molecule has 2 aromatic heterocycles. The number of carbonyl (C=O) groups is 2. The maximum absolute atomic E-state index is 12.9. The maximum atomic E-state index is 12.9. The predicted octanol–water partition coefficient (Wildman–Crippen LogP) is 0.399. The summed E-state index contributed by atoms with van der Waals surface area (Å²) >= 11 is 0. The van der Waals surface area contributed by atoms with E-state index in [1.807, 2.05) is 0 Å². The fraction of sp³-hybridized carbons (Fsp3) is 0.417. The Bertz CT molecular complexity index is 1610. The second kappa shape index (κ2) is 11.8. The standard InChI is InChI=1S/C24H25B3N8O6S/c1-40-20-14(21-30-18(41-34-21)12-35-9-2-3-10-42(35,38)39)5-4-6-15(20)28-16-11-17(29-22(36)13-7-8-13)32-33-19(16)23(37)31-24(25,26)27/h4-6,11,13H,2-3,7-10,12H2,1H3,(H,31,37)(H2,28,29,32,36). The lowest BCUT2D eigenvalue weighted by Crippen LogP contribution is -2.50. The van der Waals surface area contributed by atoms with Crippen molar-refractivity contribution in [2.45, 2.75) is 37.5 Å². The van der Waals surface area contributed by atoms with Gasteiger partial charge in [0.25, 0.3) is 5.91 Å². The van der Waals surface area contributed by atoms with Gasteiger partial charge in [0.1, 0.15) is 0 Å². The molecule has 14 nitrogen and oxygen atoms in total. The van der Waals surface area contributed by atoms with Crippen LogP contribution in [0.5, 0.6) is 5.75 Å². The molecule has 0 unspecified atom stereocenters. The van der Waals surface area contributed by atoms with Crippen molar-refractivity contribution < 1.29 is 27.3 Å². The van der Waals surface area contributed by atoms with Crippen molar-refractivity contribution in [2.75, 3.05) is 30.0 Å². The Labute approximate surface area is 246 Å². The van der Waals surface area contributed by atoms with E-state index in [2.05, 4.69) is 36.3 Å². The summed E-state index contributed by atoms with van der Waals surface area (Å²) in [7, 11) is 14.6. The van der Waals surface area contributed by atoms with Gasteiger partial charge < -0.3 is 25.2 Å². The van der Waals surface area contributed by atoms with E-state index in [1.54, 1.807) is 18.2 Å². The fourth-order valence-corrected chi connectivity index (χ4v) is 5.86. The molecule has 2 amide bonds. The molecule has 212 valence electrons. The van der Waals surface area contributed by atoms with Gasteiger partial charge in [-0.05, 0) is 37.8 Å². The van der Waals surface area contributed by atoms with Gasteiger partial charge in [0.15, 0.2) is 17.3 Å². The van der Waals surface area contributed by atoms with Gasteiger partial charge in [-0.2, -0.15) is 9.29 Å². The summed E-state index contributed by atoms with van der Waals surface area (Å²) in [5.74, 6) is -0.395. The monoisotopic (exact) mass is 586 g/mol. The molecule has 3 aromatic rings. The van der Waals surface area contributed by atoms with Crippen LogP contribution in [0.4, 0.5) is 17.2 Å². The second-order valence-corrected chi connectivity index (χ2v) is 12.1. The van der Waals surface area contributed by atoms with Crippen molar-refractivity contribution in [2.24, 2.45) is 5.92 Å². The molecule has 0 spiro atoms. The Morgan fingerprint density at radius 2 is 1.95 bits per heavy atom. The normalized spacial score (nSPS) is 16.9. The third-order valence-corrected chi connectivity index (χ3v) is 8.40. The molecule has 3 heterocycles. The van der Waals surface area contributed by atoms with E-state index in [1.165, 1.54) is 17.5 Å². The first kappa shape index (κ1) is 29.6. The van der Waals surface area contributed by atoms with Crippen LogP contribution in [0.25, 0.3) is 11.4 Å². The van der Waals surface area contributed by atoms with Crippen molar-refractivity contribution in [3.8, 4) is 17.1 Å². The number of sulfonamides is 1. The maximum Gasteiger partial charge on any atom is 0.272 e. The summed E-state index contributed by atoms with van der Waals surface area (Å²) in [4.78, 5) is 29.6. The largest absolute Gasteiger partial charge is 0.494 e. The third-order valence-electron chi connectivity index (χ3n) is 6.50. The summed E-state index contributed by atoms with van der Waals surface area (Å²) in [5.41, 5.74) is 0.680. The molecular weight excluding hydrogens is 561 g/mol. The van der Waals surface area contributed by atoms with Gasteiger partial charge in [-0.1, -0.05) is 16.5 Å². The predicted molar refractivity (Wildman–Crippen MR) is 154 cm³/mol. The summed E-state index contributed by atoms with van der Waals surface area (Å²) in [6, 6.07) is 6.44. The third kappa shape index (κ3) is 6.93. The van der Waals surface area contributed by atoms with Gasteiger partial charge in [0, 0.05) is 18.5 Å². The van der Waals surface area contributed by atoms with Crippen molar-refractivity contribution in [3.63, 3.8) is 0 Å². The molecule has 6 radical (unpaired) electrons. The number of benzene rings is 1. The van der Waals surface area contributed by atoms with Crippen molar-refractivity contribution >= 4 is 62.6 Å². The first-order valence-corrected chi connectivity index (χ1v) is 14.7. The molecule has 3 N–H and O–H groups in total. The van der Waals surface area contributed by atoms with E-state index in [0.717, 1.165) is 19.3 Å². The van der Waals surface area contributed by atoms with Crippen LogP contribution in [-0.4, -0.2) is 93.1 Å². The topological polar surface area (TPSA) is 182 Å². The SMILES string of the molecule is [B]C([B])([B])NC(=O)c1nnc(NC(=O)C2CC2)cc1Nc1cccc(-c2noc(CN3CCCCS3(=O)=O)n2)c1OC. The fourth-order valence-electron chi connectivity index (χ4n) is 4.32. The van der Waals surface area contributed by atoms with Crippen LogP contribution in [-0.2, 0) is 21.4 Å². The lowest BCUT2D eigenvalue weighted by Gasteiger charge is -2.24. The number of anilines is 3. The van der Waals surface area contributed by atoms with Crippen LogP contribution >= 0.6 is 0 Å². The Kier molecular flexibility index (Phi) is 8.28. The first-order valence-electron chi connectivity index (χ1n) is 13.1. The Hall–Kier alpha value is -3.92. The summed E-state index contributed by atoms with van der Waals surface area (Å²) < 4.78 is 37.1. The van der Waals surface area contributed by atoms with Crippen molar-refractivity contribution in [3.05, 3.63) is 35.9 Å². The molecule has 5 rings (SSSR count). The minimum absolute atomic E-state index is 0.0446. The molecule has 0 atom stereocenters. The zero-order valence-corrected chi connectivity index (χ0v) is 23.5. The van der Waals surface area contributed by atoms with Crippen LogP contribution in [0.1, 0.15) is 42.1 Å². The Morgan fingerprint density at radius 3 is 2.64 bits per heavy atom. The second-order valence-electron chi connectivity index (χ2n) is 10.0. The zero-order valence-electron chi connectivity index (χ0n) is 22.7. The molecule has 2 aliphatic rings. The summed E-state index contributed by atoms with van der Waals surface area (Å²) in [5, 5.41) is 17.9. The number of hydrogen-bond donors (Lipinski definition) is 3. The molecule has 2 fully saturated rings. The number of amides is 2. The highest BCUT2D eigenvalue weighted by molar-refractivity contribution is 7.89. The van der Waals surface area contributed by atoms with Crippen LogP contribution in [0.3, 0.4) is 0 Å². The summed E-state index contributed by atoms with van der Waals surface area (Å²) in [6.45, 7) is 0.332. The lowest BCUT2D eigenvalue weighted by atomic mass is 9.49. The van der Waals surface area contributed by atoms with Gasteiger partial charge >= 0.3 is 0 Å². The molecular formula is C24H25B3N8O6S. The average Bonchev–Trinajstić information content (AvgIpc) is 3.67. The smallest absolute Gasteiger partial charge is 0.272 e. The molecule has 1 aliphatic carbocycles. The van der Waals surface area contributed by atoms with E-state index in [9.17, 15) is 18.0 Å².